The van der Waals surface area contributed by atoms with Crippen LogP contribution in [0.3, 0.4) is 0 Å². The maximum atomic E-state index is 12.3. The van der Waals surface area contributed by atoms with Crippen molar-refractivity contribution in [3.63, 3.8) is 0 Å². The quantitative estimate of drug-likeness (QED) is 0.670. The van der Waals surface area contributed by atoms with Crippen molar-refractivity contribution in [2.24, 2.45) is 5.92 Å². The number of benzene rings is 1. The number of Topliss-reactive ketones (excluding diaryl/α,β-unsaturated/α-hetero) is 1. The number of hydrogen-bond donors (Lipinski definition) is 0. The average Bonchev–Trinajstić information content (AvgIpc) is 3.23. The van der Waals surface area contributed by atoms with Gasteiger partial charge >= 0.3 is 0 Å². The number of ketones is 1. The molecule has 1 aromatic carbocycles. The summed E-state index contributed by atoms with van der Waals surface area (Å²) in [4.78, 5) is 20.7. The minimum Gasteiger partial charge on any atom is -0.296 e. The SMILES string of the molecule is Cc1cc(-c2cnc3c(Cl)nccn23)ccc1C(=O)CC1CC1. The largest absolute Gasteiger partial charge is 0.296 e. The van der Waals surface area contributed by atoms with Crippen molar-refractivity contribution >= 4 is 23.0 Å². The third-order valence-corrected chi connectivity index (χ3v) is 4.65. The first-order valence-electron chi connectivity index (χ1n) is 7.75. The number of rotatable bonds is 4. The molecule has 3 aromatic rings. The number of carbonyl (C=O) groups is 1. The molecule has 0 unspecified atom stereocenters. The topological polar surface area (TPSA) is 47.3 Å². The van der Waals surface area contributed by atoms with Crippen LogP contribution in [0.2, 0.25) is 5.15 Å². The van der Waals surface area contributed by atoms with Crippen molar-refractivity contribution in [3.8, 4) is 11.3 Å². The maximum absolute atomic E-state index is 12.3. The number of aryl methyl sites for hydroxylation is 1. The Hall–Kier alpha value is -2.20. The Morgan fingerprint density at radius 3 is 2.91 bits per heavy atom. The molecule has 2 heterocycles. The lowest BCUT2D eigenvalue weighted by molar-refractivity contribution is 0.0975. The zero-order valence-electron chi connectivity index (χ0n) is 12.8. The fourth-order valence-electron chi connectivity index (χ4n) is 2.93. The summed E-state index contributed by atoms with van der Waals surface area (Å²) in [6.07, 6.45) is 8.34. The number of nitrogens with zero attached hydrogens (tertiary/aromatic N) is 3. The lowest BCUT2D eigenvalue weighted by Gasteiger charge is -2.08. The third-order valence-electron chi connectivity index (χ3n) is 4.38. The summed E-state index contributed by atoms with van der Waals surface area (Å²) < 4.78 is 1.91. The van der Waals surface area contributed by atoms with E-state index in [-0.39, 0.29) is 5.78 Å². The van der Waals surface area contributed by atoms with Crippen LogP contribution in [0.5, 0.6) is 0 Å². The van der Waals surface area contributed by atoms with Crippen molar-refractivity contribution < 1.29 is 4.79 Å². The van der Waals surface area contributed by atoms with Crippen molar-refractivity contribution in [3.05, 3.63) is 53.1 Å². The first-order valence-corrected chi connectivity index (χ1v) is 8.13. The number of fused-ring (bicyclic) bond motifs is 1. The van der Waals surface area contributed by atoms with Crippen molar-refractivity contribution in [2.45, 2.75) is 26.2 Å². The van der Waals surface area contributed by atoms with Gasteiger partial charge in [0.2, 0.25) is 0 Å². The molecule has 0 saturated heterocycles. The number of aromatic nitrogens is 3. The monoisotopic (exact) mass is 325 g/mol. The standard InChI is InChI=1S/C18H16ClN3O/c1-11-8-13(4-5-14(11)16(23)9-12-2-3-12)15-10-21-18-17(19)20-6-7-22(15)18/h4-8,10,12H,2-3,9H2,1H3. The fraction of sp³-hybridized carbons (Fsp3) is 0.278. The van der Waals surface area contributed by atoms with Crippen LogP contribution in [-0.4, -0.2) is 20.2 Å². The first kappa shape index (κ1) is 14.4. The normalized spacial score (nSPS) is 14.3. The fourth-order valence-corrected chi connectivity index (χ4v) is 3.13. The molecule has 0 aliphatic heterocycles. The Labute approximate surface area is 139 Å². The second kappa shape index (κ2) is 5.46. The van der Waals surface area contributed by atoms with E-state index in [2.05, 4.69) is 9.97 Å². The zero-order chi connectivity index (χ0) is 16.0. The van der Waals surface area contributed by atoms with E-state index in [0.717, 1.165) is 22.4 Å². The molecule has 1 fully saturated rings. The van der Waals surface area contributed by atoms with E-state index in [4.69, 9.17) is 11.6 Å². The highest BCUT2D eigenvalue weighted by atomic mass is 35.5. The van der Waals surface area contributed by atoms with E-state index in [0.29, 0.717) is 23.1 Å². The molecule has 0 atom stereocenters. The van der Waals surface area contributed by atoms with Crippen LogP contribution in [0.25, 0.3) is 16.9 Å². The van der Waals surface area contributed by atoms with Crippen LogP contribution in [0.15, 0.2) is 36.8 Å². The minimum atomic E-state index is 0.252. The molecular formula is C18H16ClN3O. The molecule has 23 heavy (non-hydrogen) atoms. The molecule has 2 aromatic heterocycles. The second-order valence-electron chi connectivity index (χ2n) is 6.16. The molecule has 1 aliphatic carbocycles. The highest BCUT2D eigenvalue weighted by Crippen LogP contribution is 2.34. The van der Waals surface area contributed by atoms with Gasteiger partial charge in [-0.3, -0.25) is 9.20 Å². The van der Waals surface area contributed by atoms with Gasteiger partial charge in [0.05, 0.1) is 11.9 Å². The van der Waals surface area contributed by atoms with Gasteiger partial charge in [-0.2, -0.15) is 0 Å². The summed E-state index contributed by atoms with van der Waals surface area (Å²) in [5.74, 6) is 0.858. The Morgan fingerprint density at radius 2 is 2.17 bits per heavy atom. The minimum absolute atomic E-state index is 0.252. The molecule has 1 aliphatic rings. The van der Waals surface area contributed by atoms with Crippen LogP contribution in [0, 0.1) is 12.8 Å². The van der Waals surface area contributed by atoms with E-state index in [9.17, 15) is 4.79 Å². The van der Waals surface area contributed by atoms with Crippen LogP contribution in [0.4, 0.5) is 0 Å². The molecule has 5 heteroatoms. The van der Waals surface area contributed by atoms with Gasteiger partial charge in [0.1, 0.15) is 0 Å². The van der Waals surface area contributed by atoms with Gasteiger partial charge in [-0.25, -0.2) is 9.97 Å². The molecule has 0 spiro atoms. The van der Waals surface area contributed by atoms with Crippen LogP contribution in [0.1, 0.15) is 35.2 Å². The molecule has 0 radical (unpaired) electrons. The number of imidazole rings is 1. The van der Waals surface area contributed by atoms with E-state index < -0.39 is 0 Å². The molecular weight excluding hydrogens is 310 g/mol. The van der Waals surface area contributed by atoms with Gasteiger partial charge in [-0.1, -0.05) is 23.7 Å². The summed E-state index contributed by atoms with van der Waals surface area (Å²) in [5, 5.41) is 0.381. The van der Waals surface area contributed by atoms with Gasteiger partial charge in [0.15, 0.2) is 16.6 Å². The van der Waals surface area contributed by atoms with Crippen LogP contribution >= 0.6 is 11.6 Å². The van der Waals surface area contributed by atoms with Crippen LogP contribution < -0.4 is 0 Å². The predicted molar refractivity (Wildman–Crippen MR) is 89.8 cm³/mol. The van der Waals surface area contributed by atoms with E-state index in [1.54, 1.807) is 12.4 Å². The Bertz CT molecular complexity index is 912. The first-order chi connectivity index (χ1) is 11.1. The van der Waals surface area contributed by atoms with Crippen molar-refractivity contribution in [2.75, 3.05) is 0 Å². The summed E-state index contributed by atoms with van der Waals surface area (Å²) in [6, 6.07) is 5.94. The van der Waals surface area contributed by atoms with Gasteiger partial charge in [-0.05, 0) is 37.3 Å². The summed E-state index contributed by atoms with van der Waals surface area (Å²) >= 11 is 6.07. The summed E-state index contributed by atoms with van der Waals surface area (Å²) in [6.45, 7) is 1.99. The molecule has 1 saturated carbocycles. The number of carbonyl (C=O) groups excluding carboxylic acids is 1. The summed E-state index contributed by atoms with van der Waals surface area (Å²) in [5.41, 5.74) is 4.42. The Balaban J connectivity index is 1.72. The molecule has 0 N–H and O–H groups in total. The predicted octanol–water partition coefficient (Wildman–Crippen LogP) is 4.34. The number of hydrogen-bond acceptors (Lipinski definition) is 3. The third kappa shape index (κ3) is 2.63. The van der Waals surface area contributed by atoms with Gasteiger partial charge < -0.3 is 0 Å². The molecule has 4 rings (SSSR count). The smallest absolute Gasteiger partial charge is 0.175 e. The maximum Gasteiger partial charge on any atom is 0.175 e. The Kier molecular flexibility index (Phi) is 3.42. The summed E-state index contributed by atoms with van der Waals surface area (Å²) in [7, 11) is 0. The van der Waals surface area contributed by atoms with Crippen molar-refractivity contribution in [1.82, 2.24) is 14.4 Å². The zero-order valence-corrected chi connectivity index (χ0v) is 13.5. The van der Waals surface area contributed by atoms with Gasteiger partial charge in [0.25, 0.3) is 0 Å². The second-order valence-corrected chi connectivity index (χ2v) is 6.51. The number of halogens is 1. The lowest BCUT2D eigenvalue weighted by atomic mass is 9.98. The highest BCUT2D eigenvalue weighted by Gasteiger charge is 2.25. The van der Waals surface area contributed by atoms with Gasteiger partial charge in [-0.15, -0.1) is 0 Å². The lowest BCUT2D eigenvalue weighted by Crippen LogP contribution is -2.03. The molecule has 0 bridgehead atoms. The van der Waals surface area contributed by atoms with Crippen molar-refractivity contribution in [1.29, 1.82) is 0 Å². The van der Waals surface area contributed by atoms with Gasteiger partial charge in [0, 0.05) is 29.9 Å². The van der Waals surface area contributed by atoms with E-state index in [1.807, 2.05) is 35.7 Å². The molecule has 0 amide bonds. The average molecular weight is 326 g/mol. The molecule has 4 nitrogen and oxygen atoms in total. The van der Waals surface area contributed by atoms with E-state index >= 15 is 0 Å². The highest BCUT2D eigenvalue weighted by molar-refractivity contribution is 6.32. The molecule has 116 valence electrons. The van der Waals surface area contributed by atoms with E-state index in [1.165, 1.54) is 12.8 Å². The van der Waals surface area contributed by atoms with Crippen LogP contribution in [-0.2, 0) is 0 Å². The Morgan fingerprint density at radius 1 is 1.35 bits per heavy atom.